The van der Waals surface area contributed by atoms with Gasteiger partial charge in [0, 0.05) is 22.6 Å². The van der Waals surface area contributed by atoms with E-state index in [2.05, 4.69) is 31.9 Å². The predicted molar refractivity (Wildman–Crippen MR) is 81.7 cm³/mol. The molecule has 0 aliphatic carbocycles. The number of carbonyl (C=O) groups excluding carboxylic acids is 1. The Kier molecular flexibility index (Phi) is 6.59. The van der Waals surface area contributed by atoms with Gasteiger partial charge < -0.3 is 10.5 Å². The van der Waals surface area contributed by atoms with Gasteiger partial charge in [0.05, 0.1) is 18.0 Å². The summed E-state index contributed by atoms with van der Waals surface area (Å²) in [6.45, 7) is -0.191. The molecule has 1 rings (SSSR count). The van der Waals surface area contributed by atoms with Crippen LogP contribution in [-0.2, 0) is 19.6 Å². The summed E-state index contributed by atoms with van der Waals surface area (Å²) in [5.41, 5.74) is 5.10. The van der Waals surface area contributed by atoms with E-state index in [1.54, 1.807) is 12.1 Å². The van der Waals surface area contributed by atoms with Crippen LogP contribution in [0.1, 0.15) is 0 Å². The Morgan fingerprint density at radius 3 is 2.60 bits per heavy atom. The van der Waals surface area contributed by atoms with Crippen LogP contribution in [0, 0.1) is 0 Å². The van der Waals surface area contributed by atoms with Gasteiger partial charge in [0.25, 0.3) is 0 Å². The summed E-state index contributed by atoms with van der Waals surface area (Å²) in [6, 6.07) is 4.77. The molecule has 1 aromatic rings. The second kappa shape index (κ2) is 7.51. The van der Waals surface area contributed by atoms with Gasteiger partial charge >= 0.3 is 0 Å². The summed E-state index contributed by atoms with van der Waals surface area (Å²) in [5, 5.41) is 0. The lowest BCUT2D eigenvalue weighted by Crippen LogP contribution is -2.40. The zero-order valence-electron chi connectivity index (χ0n) is 10.7. The first-order valence-corrected chi connectivity index (χ1v) is 8.54. The lowest BCUT2D eigenvalue weighted by atomic mass is 10.4. The van der Waals surface area contributed by atoms with Crippen molar-refractivity contribution in [1.82, 2.24) is 4.31 Å². The summed E-state index contributed by atoms with van der Waals surface area (Å²) in [4.78, 5) is 11.1. The maximum atomic E-state index is 12.6. The molecule has 20 heavy (non-hydrogen) atoms. The molecule has 2 N–H and O–H groups in total. The molecule has 0 saturated carbocycles. The van der Waals surface area contributed by atoms with Gasteiger partial charge in [-0.1, -0.05) is 15.9 Å². The highest BCUT2D eigenvalue weighted by Gasteiger charge is 2.27. The highest BCUT2D eigenvalue weighted by molar-refractivity contribution is 9.11. The molecule has 0 bridgehead atoms. The number of methoxy groups -OCH3 is 1. The second-order valence-electron chi connectivity index (χ2n) is 3.87. The molecule has 0 atom stereocenters. The Morgan fingerprint density at radius 2 is 2.05 bits per heavy atom. The van der Waals surface area contributed by atoms with Crippen LogP contribution in [0.4, 0.5) is 0 Å². The van der Waals surface area contributed by atoms with Gasteiger partial charge in [0.15, 0.2) is 0 Å². The zero-order chi connectivity index (χ0) is 15.3. The number of sulfonamides is 1. The summed E-state index contributed by atoms with van der Waals surface area (Å²) in [7, 11) is -2.40. The molecule has 0 aliphatic rings. The number of nitrogens with two attached hydrogens (primary N) is 1. The first-order chi connectivity index (χ1) is 9.28. The molecule has 0 spiro atoms. The van der Waals surface area contributed by atoms with Crippen LogP contribution in [0.25, 0.3) is 0 Å². The predicted octanol–water partition coefficient (Wildman–Crippen LogP) is 1.33. The van der Waals surface area contributed by atoms with Gasteiger partial charge in [-0.05, 0) is 34.1 Å². The van der Waals surface area contributed by atoms with E-state index >= 15 is 0 Å². The Labute approximate surface area is 134 Å². The molecule has 0 unspecified atom stereocenters. The largest absolute Gasteiger partial charge is 0.383 e. The average Bonchev–Trinajstić information content (AvgIpc) is 2.36. The second-order valence-corrected chi connectivity index (χ2v) is 7.55. The number of primary amides is 1. The van der Waals surface area contributed by atoms with Crippen molar-refractivity contribution >= 4 is 47.8 Å². The number of ether oxygens (including phenoxy) is 1. The van der Waals surface area contributed by atoms with Gasteiger partial charge in [-0.25, -0.2) is 8.42 Å². The third kappa shape index (κ3) is 4.52. The maximum absolute atomic E-state index is 12.6. The van der Waals surface area contributed by atoms with Gasteiger partial charge in [-0.2, -0.15) is 4.31 Å². The number of benzene rings is 1. The standard InChI is InChI=1S/C11H14Br2N2O4S/c1-19-5-4-15(7-11(14)16)20(17,18)10-6-8(12)2-3-9(10)13/h2-3,6H,4-5,7H2,1H3,(H2,14,16). The van der Waals surface area contributed by atoms with E-state index in [4.69, 9.17) is 10.5 Å². The number of hydrogen-bond donors (Lipinski definition) is 1. The first-order valence-electron chi connectivity index (χ1n) is 5.51. The average molecular weight is 430 g/mol. The van der Waals surface area contributed by atoms with E-state index in [0.717, 1.165) is 4.31 Å². The molecule has 1 amide bonds. The fourth-order valence-electron chi connectivity index (χ4n) is 1.47. The van der Waals surface area contributed by atoms with E-state index < -0.39 is 22.5 Å². The summed E-state index contributed by atoms with van der Waals surface area (Å²) < 4.78 is 32.0. The highest BCUT2D eigenvalue weighted by atomic mass is 79.9. The van der Waals surface area contributed by atoms with E-state index in [1.165, 1.54) is 13.2 Å². The van der Waals surface area contributed by atoms with Crippen molar-refractivity contribution in [3.8, 4) is 0 Å². The SMILES string of the molecule is COCCN(CC(N)=O)S(=O)(=O)c1cc(Br)ccc1Br. The Morgan fingerprint density at radius 1 is 1.40 bits per heavy atom. The van der Waals surface area contributed by atoms with Crippen LogP contribution in [0.15, 0.2) is 32.0 Å². The summed E-state index contributed by atoms with van der Waals surface area (Å²) >= 11 is 6.42. The lowest BCUT2D eigenvalue weighted by molar-refractivity contribution is -0.118. The Bertz CT molecular complexity index is 592. The number of rotatable bonds is 7. The van der Waals surface area contributed by atoms with Crippen LogP contribution in [-0.4, -0.2) is 45.4 Å². The molecule has 1 aromatic carbocycles. The molecule has 0 heterocycles. The third-order valence-electron chi connectivity index (χ3n) is 2.39. The molecule has 0 radical (unpaired) electrons. The van der Waals surface area contributed by atoms with Crippen molar-refractivity contribution in [2.45, 2.75) is 4.90 Å². The first kappa shape index (κ1) is 17.6. The normalized spacial score (nSPS) is 11.8. The molecule has 0 aliphatic heterocycles. The fourth-order valence-corrected chi connectivity index (χ4v) is 4.32. The van der Waals surface area contributed by atoms with Crippen LogP contribution in [0.2, 0.25) is 0 Å². The topological polar surface area (TPSA) is 89.7 Å². The number of nitrogens with zero attached hydrogens (tertiary/aromatic N) is 1. The molecule has 0 aromatic heterocycles. The quantitative estimate of drug-likeness (QED) is 0.707. The molecular weight excluding hydrogens is 416 g/mol. The molecule has 9 heteroatoms. The summed E-state index contributed by atoms with van der Waals surface area (Å²) in [5.74, 6) is -0.726. The highest BCUT2D eigenvalue weighted by Crippen LogP contribution is 2.28. The molecule has 112 valence electrons. The van der Waals surface area contributed by atoms with Crippen molar-refractivity contribution in [2.75, 3.05) is 26.8 Å². The van der Waals surface area contributed by atoms with Crippen LogP contribution >= 0.6 is 31.9 Å². The van der Waals surface area contributed by atoms with Gasteiger partial charge in [-0.15, -0.1) is 0 Å². The monoisotopic (exact) mass is 428 g/mol. The van der Waals surface area contributed by atoms with Crippen LogP contribution < -0.4 is 5.73 Å². The van der Waals surface area contributed by atoms with Crippen molar-refractivity contribution < 1.29 is 17.9 Å². The maximum Gasteiger partial charge on any atom is 0.244 e. The minimum absolute atomic E-state index is 0.0424. The Hall–Kier alpha value is -0.480. The zero-order valence-corrected chi connectivity index (χ0v) is 14.7. The summed E-state index contributed by atoms with van der Waals surface area (Å²) in [6.07, 6.45) is 0. The minimum Gasteiger partial charge on any atom is -0.383 e. The molecule has 0 fully saturated rings. The lowest BCUT2D eigenvalue weighted by Gasteiger charge is -2.21. The van der Waals surface area contributed by atoms with E-state index in [1.807, 2.05) is 0 Å². The van der Waals surface area contributed by atoms with Crippen LogP contribution in [0.3, 0.4) is 0 Å². The third-order valence-corrected chi connectivity index (χ3v) is 5.72. The van der Waals surface area contributed by atoms with Crippen molar-refractivity contribution in [2.24, 2.45) is 5.73 Å². The van der Waals surface area contributed by atoms with Crippen molar-refractivity contribution in [3.05, 3.63) is 27.1 Å². The number of carbonyl (C=O) groups is 1. The van der Waals surface area contributed by atoms with E-state index in [9.17, 15) is 13.2 Å². The van der Waals surface area contributed by atoms with E-state index in [0.29, 0.717) is 8.95 Å². The number of hydrogen-bond acceptors (Lipinski definition) is 4. The fraction of sp³-hybridized carbons (Fsp3) is 0.364. The van der Waals surface area contributed by atoms with Crippen molar-refractivity contribution in [1.29, 1.82) is 0 Å². The number of amides is 1. The smallest absolute Gasteiger partial charge is 0.244 e. The molecule has 6 nitrogen and oxygen atoms in total. The van der Waals surface area contributed by atoms with Crippen LogP contribution in [0.5, 0.6) is 0 Å². The number of halogens is 2. The molecular formula is C11H14Br2N2O4S. The van der Waals surface area contributed by atoms with Gasteiger partial charge in [0.1, 0.15) is 0 Å². The Balaban J connectivity index is 3.20. The molecule has 0 saturated heterocycles. The van der Waals surface area contributed by atoms with Crippen molar-refractivity contribution in [3.63, 3.8) is 0 Å². The van der Waals surface area contributed by atoms with Gasteiger partial charge in [-0.3, -0.25) is 4.79 Å². The van der Waals surface area contributed by atoms with E-state index in [-0.39, 0.29) is 18.0 Å². The minimum atomic E-state index is -3.85. The van der Waals surface area contributed by atoms with Gasteiger partial charge in [0.2, 0.25) is 15.9 Å².